The van der Waals surface area contributed by atoms with E-state index in [1.165, 1.54) is 32.2 Å². The maximum absolute atomic E-state index is 13.6. The third-order valence-electron chi connectivity index (χ3n) is 5.41. The molecule has 0 aliphatic heterocycles. The SMILES string of the molecule is COC(=O)[C@H](Cc1cccc(OCc2ccccc2)c1)NC(=O)[C@H](Cc1cccc(F)c1)NC(C)=O. The predicted octanol–water partition coefficient (Wildman–Crippen LogP) is 3.35. The molecular weight excluding hydrogens is 463 g/mol. The molecule has 0 unspecified atom stereocenters. The Labute approximate surface area is 209 Å². The van der Waals surface area contributed by atoms with Crippen LogP contribution in [-0.4, -0.2) is 37.0 Å². The van der Waals surface area contributed by atoms with E-state index in [1.54, 1.807) is 18.2 Å². The molecule has 0 heterocycles. The van der Waals surface area contributed by atoms with Gasteiger partial charge in [-0.3, -0.25) is 9.59 Å². The molecular formula is C28H29FN2O5. The highest BCUT2D eigenvalue weighted by Gasteiger charge is 2.27. The number of ether oxygens (including phenoxy) is 2. The van der Waals surface area contributed by atoms with Crippen molar-refractivity contribution in [1.29, 1.82) is 0 Å². The highest BCUT2D eigenvalue weighted by Crippen LogP contribution is 2.17. The van der Waals surface area contributed by atoms with Gasteiger partial charge in [-0.25, -0.2) is 9.18 Å². The van der Waals surface area contributed by atoms with Gasteiger partial charge in [0.15, 0.2) is 0 Å². The lowest BCUT2D eigenvalue weighted by atomic mass is 10.0. The van der Waals surface area contributed by atoms with Crippen LogP contribution in [0.2, 0.25) is 0 Å². The second kappa shape index (κ2) is 13.0. The Bertz CT molecular complexity index is 1190. The van der Waals surface area contributed by atoms with E-state index in [1.807, 2.05) is 42.5 Å². The van der Waals surface area contributed by atoms with Crippen LogP contribution < -0.4 is 15.4 Å². The Balaban J connectivity index is 1.70. The van der Waals surface area contributed by atoms with Crippen LogP contribution in [0, 0.1) is 5.82 Å². The van der Waals surface area contributed by atoms with E-state index in [0.29, 0.717) is 17.9 Å². The van der Waals surface area contributed by atoms with Crippen molar-refractivity contribution in [1.82, 2.24) is 10.6 Å². The van der Waals surface area contributed by atoms with Crippen molar-refractivity contribution in [2.75, 3.05) is 7.11 Å². The zero-order chi connectivity index (χ0) is 25.9. The molecule has 0 spiro atoms. The van der Waals surface area contributed by atoms with Crippen molar-refractivity contribution in [3.8, 4) is 5.75 Å². The quantitative estimate of drug-likeness (QED) is 0.401. The highest BCUT2D eigenvalue weighted by molar-refractivity contribution is 5.90. The third-order valence-corrected chi connectivity index (χ3v) is 5.41. The molecule has 7 nitrogen and oxygen atoms in total. The van der Waals surface area contributed by atoms with Gasteiger partial charge in [0.1, 0.15) is 30.3 Å². The van der Waals surface area contributed by atoms with Crippen LogP contribution in [0.1, 0.15) is 23.6 Å². The molecule has 0 fully saturated rings. The van der Waals surface area contributed by atoms with Gasteiger partial charge in [-0.05, 0) is 41.0 Å². The van der Waals surface area contributed by atoms with E-state index in [4.69, 9.17) is 9.47 Å². The summed E-state index contributed by atoms with van der Waals surface area (Å²) in [6, 6.07) is 20.7. The van der Waals surface area contributed by atoms with Gasteiger partial charge in [-0.15, -0.1) is 0 Å². The van der Waals surface area contributed by atoms with Crippen molar-refractivity contribution in [3.63, 3.8) is 0 Å². The van der Waals surface area contributed by atoms with Crippen molar-refractivity contribution in [3.05, 3.63) is 101 Å². The number of esters is 1. The van der Waals surface area contributed by atoms with Crippen LogP contribution >= 0.6 is 0 Å². The van der Waals surface area contributed by atoms with Gasteiger partial charge >= 0.3 is 5.97 Å². The average Bonchev–Trinajstić information content (AvgIpc) is 2.87. The number of carbonyl (C=O) groups excluding carboxylic acids is 3. The lowest BCUT2D eigenvalue weighted by molar-refractivity contribution is -0.145. The monoisotopic (exact) mass is 492 g/mol. The highest BCUT2D eigenvalue weighted by atomic mass is 19.1. The normalized spacial score (nSPS) is 12.2. The lowest BCUT2D eigenvalue weighted by Crippen LogP contribution is -2.53. The van der Waals surface area contributed by atoms with Gasteiger partial charge in [0, 0.05) is 19.8 Å². The number of carbonyl (C=O) groups is 3. The first kappa shape index (κ1) is 26.4. The van der Waals surface area contributed by atoms with Gasteiger partial charge in [0.2, 0.25) is 11.8 Å². The zero-order valence-corrected chi connectivity index (χ0v) is 20.2. The van der Waals surface area contributed by atoms with Gasteiger partial charge in [-0.1, -0.05) is 54.6 Å². The molecule has 0 aliphatic carbocycles. The van der Waals surface area contributed by atoms with Gasteiger partial charge in [0.25, 0.3) is 0 Å². The van der Waals surface area contributed by atoms with Crippen molar-refractivity contribution in [2.24, 2.45) is 0 Å². The van der Waals surface area contributed by atoms with Crippen molar-refractivity contribution < 1.29 is 28.2 Å². The molecule has 36 heavy (non-hydrogen) atoms. The Morgan fingerprint density at radius 3 is 2.11 bits per heavy atom. The van der Waals surface area contributed by atoms with E-state index in [0.717, 1.165) is 11.1 Å². The fourth-order valence-corrected chi connectivity index (χ4v) is 3.70. The van der Waals surface area contributed by atoms with Crippen molar-refractivity contribution >= 4 is 17.8 Å². The predicted molar refractivity (Wildman–Crippen MR) is 133 cm³/mol. The van der Waals surface area contributed by atoms with Crippen LogP contribution in [0.15, 0.2) is 78.9 Å². The smallest absolute Gasteiger partial charge is 0.328 e. The average molecular weight is 493 g/mol. The molecule has 3 aromatic carbocycles. The lowest BCUT2D eigenvalue weighted by Gasteiger charge is -2.22. The van der Waals surface area contributed by atoms with E-state index < -0.39 is 35.7 Å². The molecule has 0 aromatic heterocycles. The summed E-state index contributed by atoms with van der Waals surface area (Å²) in [5.41, 5.74) is 2.30. The van der Waals surface area contributed by atoms with Gasteiger partial charge in [0.05, 0.1) is 7.11 Å². The summed E-state index contributed by atoms with van der Waals surface area (Å²) >= 11 is 0. The number of halogens is 1. The summed E-state index contributed by atoms with van der Waals surface area (Å²) in [5, 5.41) is 5.24. The Hall–Kier alpha value is -4.20. The van der Waals surface area contributed by atoms with Crippen LogP contribution in [0.5, 0.6) is 5.75 Å². The first-order valence-corrected chi connectivity index (χ1v) is 11.5. The fourth-order valence-electron chi connectivity index (χ4n) is 3.70. The second-order valence-corrected chi connectivity index (χ2v) is 8.30. The molecule has 0 bridgehead atoms. The Kier molecular flexibility index (Phi) is 9.56. The molecule has 0 radical (unpaired) electrons. The number of amides is 2. The van der Waals surface area contributed by atoms with Crippen LogP contribution in [0.3, 0.4) is 0 Å². The molecule has 3 rings (SSSR count). The minimum absolute atomic E-state index is 0.0554. The number of hydrogen-bond donors (Lipinski definition) is 2. The van der Waals surface area contributed by atoms with Gasteiger partial charge in [-0.2, -0.15) is 0 Å². The van der Waals surface area contributed by atoms with E-state index in [-0.39, 0.29) is 12.8 Å². The van der Waals surface area contributed by atoms with Gasteiger partial charge < -0.3 is 20.1 Å². The van der Waals surface area contributed by atoms with Crippen LogP contribution in [0.25, 0.3) is 0 Å². The van der Waals surface area contributed by atoms with Crippen LogP contribution in [-0.2, 0) is 38.6 Å². The first-order valence-electron chi connectivity index (χ1n) is 11.5. The number of benzene rings is 3. The molecule has 188 valence electrons. The summed E-state index contributed by atoms with van der Waals surface area (Å²) < 4.78 is 24.4. The standard InChI is InChI=1S/C28H29FN2O5/c1-19(32)30-25(16-21-10-6-12-23(29)14-21)27(33)31-26(28(34)35-2)17-22-11-7-13-24(15-22)36-18-20-8-4-3-5-9-20/h3-15,25-26H,16-18H2,1-2H3,(H,30,32)(H,31,33)/t25-,26-/m0/s1. The molecule has 0 saturated heterocycles. The molecule has 8 heteroatoms. The first-order chi connectivity index (χ1) is 17.3. The Morgan fingerprint density at radius 2 is 1.44 bits per heavy atom. The maximum atomic E-state index is 13.6. The zero-order valence-electron chi connectivity index (χ0n) is 20.2. The number of rotatable bonds is 11. The summed E-state index contributed by atoms with van der Waals surface area (Å²) in [4.78, 5) is 37.3. The van der Waals surface area contributed by atoms with Crippen LogP contribution in [0.4, 0.5) is 4.39 Å². The number of nitrogens with one attached hydrogen (secondary N) is 2. The number of methoxy groups -OCH3 is 1. The third kappa shape index (κ3) is 8.23. The van der Waals surface area contributed by atoms with E-state index in [9.17, 15) is 18.8 Å². The maximum Gasteiger partial charge on any atom is 0.328 e. The largest absolute Gasteiger partial charge is 0.489 e. The molecule has 2 N–H and O–H groups in total. The molecule has 3 aromatic rings. The summed E-state index contributed by atoms with van der Waals surface area (Å²) in [6.07, 6.45) is 0.202. The molecule has 2 amide bonds. The van der Waals surface area contributed by atoms with E-state index in [2.05, 4.69) is 10.6 Å². The summed E-state index contributed by atoms with van der Waals surface area (Å²) in [5.74, 6) is -1.47. The summed E-state index contributed by atoms with van der Waals surface area (Å²) in [7, 11) is 1.24. The minimum atomic E-state index is -1.00. The Morgan fingerprint density at radius 1 is 0.806 bits per heavy atom. The minimum Gasteiger partial charge on any atom is -0.489 e. The number of hydrogen-bond acceptors (Lipinski definition) is 5. The summed E-state index contributed by atoms with van der Waals surface area (Å²) in [6.45, 7) is 1.67. The molecule has 0 saturated carbocycles. The fraction of sp³-hybridized carbons (Fsp3) is 0.250. The van der Waals surface area contributed by atoms with Crippen molar-refractivity contribution in [2.45, 2.75) is 38.5 Å². The molecule has 2 atom stereocenters. The second-order valence-electron chi connectivity index (χ2n) is 8.30. The topological polar surface area (TPSA) is 93.7 Å². The molecule has 0 aliphatic rings. The van der Waals surface area contributed by atoms with E-state index >= 15 is 0 Å².